The average molecular weight is 245 g/mol. The zero-order chi connectivity index (χ0) is 12.2. The van der Waals surface area contributed by atoms with Crippen LogP contribution in [0.2, 0.25) is 0 Å². The third-order valence-electron chi connectivity index (χ3n) is 2.99. The molecule has 5 nitrogen and oxygen atoms in total. The van der Waals surface area contributed by atoms with E-state index in [1.165, 1.54) is 0 Å². The van der Waals surface area contributed by atoms with Crippen molar-refractivity contribution in [1.82, 2.24) is 4.72 Å². The Hall–Kier alpha value is -0.640. The summed E-state index contributed by atoms with van der Waals surface area (Å²) in [5, 5.41) is 7.80. The molecule has 1 aliphatic rings. The van der Waals surface area contributed by atoms with Gasteiger partial charge >= 0.3 is 0 Å². The Balaban J connectivity index is 2.57. The molecule has 0 radical (unpaired) electrons. The molecule has 1 unspecified atom stereocenters. The SMILES string of the molecule is CCC(C#N)S(=O)(=O)NC1CCC(N)CC1. The predicted molar refractivity (Wildman–Crippen MR) is 62.0 cm³/mol. The Morgan fingerprint density at radius 3 is 2.44 bits per heavy atom. The van der Waals surface area contributed by atoms with Gasteiger partial charge in [0.1, 0.15) is 0 Å². The summed E-state index contributed by atoms with van der Waals surface area (Å²) in [6.07, 6.45) is 3.54. The molecule has 0 aliphatic heterocycles. The van der Waals surface area contributed by atoms with E-state index in [2.05, 4.69) is 4.72 Å². The maximum Gasteiger partial charge on any atom is 0.228 e. The summed E-state index contributed by atoms with van der Waals surface area (Å²) in [6, 6.07) is 1.96. The molecule has 92 valence electrons. The van der Waals surface area contributed by atoms with Gasteiger partial charge in [-0.25, -0.2) is 13.1 Å². The van der Waals surface area contributed by atoms with Gasteiger partial charge in [0.15, 0.2) is 5.25 Å². The second-order valence-corrected chi connectivity index (χ2v) is 6.20. The van der Waals surface area contributed by atoms with Gasteiger partial charge in [-0.15, -0.1) is 0 Å². The van der Waals surface area contributed by atoms with E-state index in [1.807, 2.05) is 6.07 Å². The number of hydrogen-bond acceptors (Lipinski definition) is 4. The lowest BCUT2D eigenvalue weighted by Crippen LogP contribution is -2.43. The lowest BCUT2D eigenvalue weighted by Gasteiger charge is -2.27. The minimum atomic E-state index is -3.49. The number of sulfonamides is 1. The molecule has 16 heavy (non-hydrogen) atoms. The zero-order valence-corrected chi connectivity index (χ0v) is 10.3. The van der Waals surface area contributed by atoms with Crippen LogP contribution in [0.3, 0.4) is 0 Å². The van der Waals surface area contributed by atoms with Crippen LogP contribution in [-0.2, 0) is 10.0 Å². The standard InChI is InChI=1S/C10H19N3O2S/c1-2-10(7-11)16(14,15)13-9-5-3-8(12)4-6-9/h8-10,13H,2-6,12H2,1H3. The first-order valence-electron chi connectivity index (χ1n) is 5.66. The minimum Gasteiger partial charge on any atom is -0.328 e. The molecule has 1 aliphatic carbocycles. The van der Waals surface area contributed by atoms with Crippen LogP contribution >= 0.6 is 0 Å². The monoisotopic (exact) mass is 245 g/mol. The molecule has 1 rings (SSSR count). The lowest BCUT2D eigenvalue weighted by molar-refractivity contribution is 0.373. The van der Waals surface area contributed by atoms with Crippen molar-refractivity contribution >= 4 is 10.0 Å². The molecular weight excluding hydrogens is 226 g/mol. The first kappa shape index (κ1) is 13.4. The van der Waals surface area contributed by atoms with E-state index in [0.717, 1.165) is 25.7 Å². The largest absolute Gasteiger partial charge is 0.328 e. The number of rotatable bonds is 4. The summed E-state index contributed by atoms with van der Waals surface area (Å²) in [6.45, 7) is 1.70. The fraction of sp³-hybridized carbons (Fsp3) is 0.900. The smallest absolute Gasteiger partial charge is 0.228 e. The molecular formula is C10H19N3O2S. The second-order valence-electron chi connectivity index (χ2n) is 4.30. The van der Waals surface area contributed by atoms with E-state index in [-0.39, 0.29) is 12.1 Å². The lowest BCUT2D eigenvalue weighted by atomic mass is 9.93. The number of nitrogens with two attached hydrogens (primary N) is 1. The van der Waals surface area contributed by atoms with E-state index in [4.69, 9.17) is 11.0 Å². The molecule has 0 spiro atoms. The van der Waals surface area contributed by atoms with Gasteiger partial charge in [-0.3, -0.25) is 0 Å². The summed E-state index contributed by atoms with van der Waals surface area (Å²) < 4.78 is 26.2. The molecule has 1 saturated carbocycles. The molecule has 0 aromatic rings. The summed E-state index contributed by atoms with van der Waals surface area (Å²) in [5.41, 5.74) is 5.74. The summed E-state index contributed by atoms with van der Waals surface area (Å²) in [7, 11) is -3.49. The third-order valence-corrected chi connectivity index (χ3v) is 4.84. The highest BCUT2D eigenvalue weighted by molar-refractivity contribution is 7.90. The highest BCUT2D eigenvalue weighted by Crippen LogP contribution is 2.18. The Morgan fingerprint density at radius 2 is 2.00 bits per heavy atom. The van der Waals surface area contributed by atoms with Gasteiger partial charge in [0.2, 0.25) is 10.0 Å². The second kappa shape index (κ2) is 5.62. The Morgan fingerprint density at radius 1 is 1.44 bits per heavy atom. The van der Waals surface area contributed by atoms with E-state index in [1.54, 1.807) is 6.92 Å². The maximum absolute atomic E-state index is 11.8. The van der Waals surface area contributed by atoms with Crippen molar-refractivity contribution in [2.75, 3.05) is 0 Å². The van der Waals surface area contributed by atoms with Crippen molar-refractivity contribution in [3.8, 4) is 6.07 Å². The topological polar surface area (TPSA) is 96.0 Å². The summed E-state index contributed by atoms with van der Waals surface area (Å²) in [5.74, 6) is 0. The van der Waals surface area contributed by atoms with Gasteiger partial charge in [0, 0.05) is 12.1 Å². The van der Waals surface area contributed by atoms with Crippen LogP contribution in [0.25, 0.3) is 0 Å². The molecule has 0 aromatic carbocycles. The van der Waals surface area contributed by atoms with E-state index >= 15 is 0 Å². The molecule has 1 atom stereocenters. The summed E-state index contributed by atoms with van der Waals surface area (Å²) in [4.78, 5) is 0. The fourth-order valence-corrected chi connectivity index (χ4v) is 3.37. The molecule has 0 bridgehead atoms. The van der Waals surface area contributed by atoms with Gasteiger partial charge < -0.3 is 5.73 Å². The van der Waals surface area contributed by atoms with Crippen LogP contribution in [0.1, 0.15) is 39.0 Å². The van der Waals surface area contributed by atoms with Crippen molar-refractivity contribution in [3.05, 3.63) is 0 Å². The van der Waals surface area contributed by atoms with E-state index in [0.29, 0.717) is 6.42 Å². The number of hydrogen-bond donors (Lipinski definition) is 2. The van der Waals surface area contributed by atoms with Crippen molar-refractivity contribution in [2.24, 2.45) is 5.73 Å². The maximum atomic E-state index is 11.8. The molecule has 3 N–H and O–H groups in total. The van der Waals surface area contributed by atoms with E-state index < -0.39 is 15.3 Å². The Bertz CT molecular complexity index is 353. The Labute approximate surface area is 97.1 Å². The Kier molecular flexibility index (Phi) is 4.71. The highest BCUT2D eigenvalue weighted by Gasteiger charge is 2.28. The van der Waals surface area contributed by atoms with Crippen LogP contribution in [0.5, 0.6) is 0 Å². The van der Waals surface area contributed by atoms with Crippen LogP contribution in [-0.4, -0.2) is 25.8 Å². The van der Waals surface area contributed by atoms with Crippen molar-refractivity contribution in [3.63, 3.8) is 0 Å². The molecule has 0 heterocycles. The van der Waals surface area contributed by atoms with Gasteiger partial charge in [-0.1, -0.05) is 6.92 Å². The molecule has 6 heteroatoms. The zero-order valence-electron chi connectivity index (χ0n) is 9.52. The van der Waals surface area contributed by atoms with Crippen LogP contribution in [0, 0.1) is 11.3 Å². The van der Waals surface area contributed by atoms with Gasteiger partial charge in [0.05, 0.1) is 6.07 Å². The van der Waals surface area contributed by atoms with Crippen molar-refractivity contribution in [1.29, 1.82) is 5.26 Å². The first-order chi connectivity index (χ1) is 7.49. The molecule has 1 fully saturated rings. The van der Waals surface area contributed by atoms with Crippen molar-refractivity contribution in [2.45, 2.75) is 56.4 Å². The fourth-order valence-electron chi connectivity index (χ4n) is 1.93. The predicted octanol–water partition coefficient (Wildman–Crippen LogP) is 0.478. The van der Waals surface area contributed by atoms with Crippen LogP contribution < -0.4 is 10.5 Å². The average Bonchev–Trinajstić information content (AvgIpc) is 2.22. The minimum absolute atomic E-state index is 0.0489. The van der Waals surface area contributed by atoms with Gasteiger partial charge in [0.25, 0.3) is 0 Å². The first-order valence-corrected chi connectivity index (χ1v) is 7.20. The molecule has 0 saturated heterocycles. The van der Waals surface area contributed by atoms with Crippen molar-refractivity contribution < 1.29 is 8.42 Å². The third kappa shape index (κ3) is 3.44. The number of nitrogens with one attached hydrogen (secondary N) is 1. The van der Waals surface area contributed by atoms with Crippen LogP contribution in [0.15, 0.2) is 0 Å². The summed E-state index contributed by atoms with van der Waals surface area (Å²) >= 11 is 0. The molecule has 0 aromatic heterocycles. The van der Waals surface area contributed by atoms with Gasteiger partial charge in [-0.05, 0) is 32.1 Å². The number of nitriles is 1. The highest BCUT2D eigenvalue weighted by atomic mass is 32.2. The van der Waals surface area contributed by atoms with Gasteiger partial charge in [-0.2, -0.15) is 5.26 Å². The molecule has 0 amide bonds. The van der Waals surface area contributed by atoms with Crippen LogP contribution in [0.4, 0.5) is 0 Å². The normalized spacial score (nSPS) is 28.3. The quantitative estimate of drug-likeness (QED) is 0.753. The van der Waals surface area contributed by atoms with E-state index in [9.17, 15) is 8.42 Å². The number of nitrogens with zero attached hydrogens (tertiary/aromatic N) is 1.